The molecule has 1 fully saturated rings. The van der Waals surface area contributed by atoms with E-state index in [0.29, 0.717) is 6.42 Å². The molecule has 1 atom stereocenters. The first-order valence-corrected chi connectivity index (χ1v) is 7.02. The van der Waals surface area contributed by atoms with Gasteiger partial charge in [0.25, 0.3) is 0 Å². The van der Waals surface area contributed by atoms with Crippen molar-refractivity contribution in [1.82, 2.24) is 10.4 Å². The summed E-state index contributed by atoms with van der Waals surface area (Å²) in [6.07, 6.45) is 3.46. The summed E-state index contributed by atoms with van der Waals surface area (Å²) in [6.45, 7) is 7.30. The van der Waals surface area contributed by atoms with Gasteiger partial charge in [0.1, 0.15) is 0 Å². The van der Waals surface area contributed by atoms with Gasteiger partial charge in [-0.1, -0.05) is 48.6 Å². The zero-order valence-corrected chi connectivity index (χ0v) is 12.2. The predicted molar refractivity (Wildman–Crippen MR) is 82.5 cm³/mol. The fraction of sp³-hybridized carbons (Fsp3) is 0.294. The maximum Gasteiger partial charge on any atom is 0.245 e. The Labute approximate surface area is 125 Å². The van der Waals surface area contributed by atoms with Crippen LogP contribution in [-0.2, 0) is 9.59 Å². The predicted octanol–water partition coefficient (Wildman–Crippen LogP) is 2.21. The maximum absolute atomic E-state index is 12.3. The highest BCUT2D eigenvalue weighted by atomic mass is 16.2. The molecule has 21 heavy (non-hydrogen) atoms. The lowest BCUT2D eigenvalue weighted by molar-refractivity contribution is -0.124. The van der Waals surface area contributed by atoms with Crippen LogP contribution in [0.5, 0.6) is 0 Å². The summed E-state index contributed by atoms with van der Waals surface area (Å²) in [5, 5.41) is 1.84. The SMILES string of the molecule is C=C(C)CC(=O)/C=C/[C@H](C(=O)NN1CC1)c1ccccc1. The van der Waals surface area contributed by atoms with E-state index in [1.165, 1.54) is 6.08 Å². The zero-order chi connectivity index (χ0) is 15.2. The van der Waals surface area contributed by atoms with E-state index < -0.39 is 5.92 Å². The molecule has 0 aromatic heterocycles. The highest BCUT2D eigenvalue weighted by molar-refractivity contribution is 5.93. The summed E-state index contributed by atoms with van der Waals surface area (Å²) in [6, 6.07) is 9.45. The number of ketones is 1. The van der Waals surface area contributed by atoms with Gasteiger partial charge in [-0.2, -0.15) is 0 Å². The molecule has 1 aliphatic rings. The molecule has 4 heteroatoms. The van der Waals surface area contributed by atoms with E-state index in [4.69, 9.17) is 0 Å². The van der Waals surface area contributed by atoms with Crippen molar-refractivity contribution in [3.63, 3.8) is 0 Å². The quantitative estimate of drug-likeness (QED) is 0.474. The van der Waals surface area contributed by atoms with Gasteiger partial charge in [0.05, 0.1) is 5.92 Å². The Morgan fingerprint density at radius 1 is 1.33 bits per heavy atom. The number of nitrogens with zero attached hydrogens (tertiary/aromatic N) is 1. The maximum atomic E-state index is 12.3. The number of rotatable bonds is 7. The van der Waals surface area contributed by atoms with E-state index in [1.807, 2.05) is 42.3 Å². The van der Waals surface area contributed by atoms with Crippen LogP contribution >= 0.6 is 0 Å². The summed E-state index contributed by atoms with van der Waals surface area (Å²) >= 11 is 0. The van der Waals surface area contributed by atoms with Crippen LogP contribution in [0.25, 0.3) is 0 Å². The number of nitrogens with one attached hydrogen (secondary N) is 1. The van der Waals surface area contributed by atoms with Crippen molar-refractivity contribution in [1.29, 1.82) is 0 Å². The van der Waals surface area contributed by atoms with E-state index in [9.17, 15) is 9.59 Å². The molecule has 1 aliphatic heterocycles. The van der Waals surface area contributed by atoms with Crippen LogP contribution in [0, 0.1) is 0 Å². The van der Waals surface area contributed by atoms with E-state index >= 15 is 0 Å². The third kappa shape index (κ3) is 5.00. The first kappa shape index (κ1) is 15.2. The number of allylic oxidation sites excluding steroid dienone is 2. The van der Waals surface area contributed by atoms with Gasteiger partial charge in [-0.25, -0.2) is 5.01 Å². The Hall–Kier alpha value is -2.20. The molecule has 1 aromatic carbocycles. The van der Waals surface area contributed by atoms with Crippen LogP contribution in [0.3, 0.4) is 0 Å². The topological polar surface area (TPSA) is 49.2 Å². The summed E-state index contributed by atoms with van der Waals surface area (Å²) in [5.41, 5.74) is 4.52. The standard InChI is InChI=1S/C17H20N2O2/c1-13(2)12-15(20)8-9-16(14-6-4-3-5-7-14)17(21)18-19-10-11-19/h3-9,16H,1,10-12H2,2H3,(H,18,21)/b9-8+/t16-/m0/s1. The molecule has 1 aromatic rings. The van der Waals surface area contributed by atoms with E-state index in [2.05, 4.69) is 12.0 Å². The van der Waals surface area contributed by atoms with Crippen molar-refractivity contribution in [2.45, 2.75) is 19.3 Å². The molecule has 1 N–H and O–H groups in total. The Balaban J connectivity index is 2.11. The summed E-state index contributed by atoms with van der Waals surface area (Å²) in [4.78, 5) is 24.1. The molecule has 110 valence electrons. The largest absolute Gasteiger partial charge is 0.295 e. The zero-order valence-electron chi connectivity index (χ0n) is 12.2. The normalized spacial score (nSPS) is 15.7. The van der Waals surface area contributed by atoms with E-state index in [1.54, 1.807) is 6.08 Å². The van der Waals surface area contributed by atoms with Crippen molar-refractivity contribution in [2.75, 3.05) is 13.1 Å². The van der Waals surface area contributed by atoms with Gasteiger partial charge in [-0.3, -0.25) is 15.0 Å². The second-order valence-corrected chi connectivity index (χ2v) is 5.31. The third-order valence-corrected chi connectivity index (χ3v) is 3.11. The number of benzene rings is 1. The summed E-state index contributed by atoms with van der Waals surface area (Å²) in [5.74, 6) is -0.609. The third-order valence-electron chi connectivity index (χ3n) is 3.11. The Morgan fingerprint density at radius 3 is 2.57 bits per heavy atom. The molecule has 1 heterocycles. The number of hydrogen-bond donors (Lipinski definition) is 1. The number of carbonyl (C=O) groups excluding carboxylic acids is 2. The number of amides is 1. The second kappa shape index (κ2) is 6.99. The van der Waals surface area contributed by atoms with Crippen molar-refractivity contribution in [3.8, 4) is 0 Å². The van der Waals surface area contributed by atoms with Crippen LogP contribution in [0.1, 0.15) is 24.8 Å². The van der Waals surface area contributed by atoms with Crippen LogP contribution in [-0.4, -0.2) is 29.8 Å². The highest BCUT2D eigenvalue weighted by Gasteiger charge is 2.24. The van der Waals surface area contributed by atoms with Crippen LogP contribution < -0.4 is 5.43 Å². The van der Waals surface area contributed by atoms with Crippen LogP contribution in [0.15, 0.2) is 54.6 Å². The smallest absolute Gasteiger partial charge is 0.245 e. The van der Waals surface area contributed by atoms with Crippen molar-refractivity contribution in [3.05, 3.63) is 60.2 Å². The average molecular weight is 284 g/mol. The molecule has 4 nitrogen and oxygen atoms in total. The van der Waals surface area contributed by atoms with Crippen LogP contribution in [0.2, 0.25) is 0 Å². The van der Waals surface area contributed by atoms with Gasteiger partial charge in [-0.05, 0) is 18.6 Å². The lowest BCUT2D eigenvalue weighted by Gasteiger charge is -2.13. The molecule has 0 bridgehead atoms. The molecule has 0 spiro atoms. The minimum Gasteiger partial charge on any atom is -0.295 e. The summed E-state index contributed by atoms with van der Waals surface area (Å²) < 4.78 is 0. The minimum atomic E-state index is -0.458. The van der Waals surface area contributed by atoms with Crippen molar-refractivity contribution >= 4 is 11.7 Å². The number of hydrogen-bond acceptors (Lipinski definition) is 3. The number of hydrazine groups is 1. The fourth-order valence-electron chi connectivity index (χ4n) is 1.96. The molecular formula is C17H20N2O2. The molecule has 0 radical (unpaired) electrons. The molecular weight excluding hydrogens is 264 g/mol. The van der Waals surface area contributed by atoms with E-state index in [0.717, 1.165) is 24.2 Å². The molecule has 0 unspecified atom stereocenters. The summed E-state index contributed by atoms with van der Waals surface area (Å²) in [7, 11) is 0. The first-order valence-electron chi connectivity index (χ1n) is 7.02. The molecule has 2 rings (SSSR count). The first-order chi connectivity index (χ1) is 10.1. The van der Waals surface area contributed by atoms with Gasteiger partial charge in [0.2, 0.25) is 5.91 Å². The number of carbonyl (C=O) groups is 2. The molecule has 1 saturated heterocycles. The lowest BCUT2D eigenvalue weighted by Crippen LogP contribution is -2.33. The molecule has 0 saturated carbocycles. The van der Waals surface area contributed by atoms with Gasteiger partial charge < -0.3 is 0 Å². The van der Waals surface area contributed by atoms with Gasteiger partial charge >= 0.3 is 0 Å². The Bertz CT molecular complexity index is 559. The van der Waals surface area contributed by atoms with Gasteiger partial charge in [0, 0.05) is 19.5 Å². The average Bonchev–Trinajstić information content (AvgIpc) is 3.23. The van der Waals surface area contributed by atoms with Gasteiger partial charge in [0.15, 0.2) is 5.78 Å². The van der Waals surface area contributed by atoms with Crippen LogP contribution in [0.4, 0.5) is 0 Å². The Kier molecular flexibility index (Phi) is 5.06. The second-order valence-electron chi connectivity index (χ2n) is 5.31. The molecule has 1 amide bonds. The fourth-order valence-corrected chi connectivity index (χ4v) is 1.96. The minimum absolute atomic E-state index is 0.0389. The monoisotopic (exact) mass is 284 g/mol. The van der Waals surface area contributed by atoms with Gasteiger partial charge in [-0.15, -0.1) is 0 Å². The molecule has 0 aliphatic carbocycles. The van der Waals surface area contributed by atoms with E-state index in [-0.39, 0.29) is 11.7 Å². The highest BCUT2D eigenvalue weighted by Crippen LogP contribution is 2.18. The van der Waals surface area contributed by atoms with Crippen molar-refractivity contribution < 1.29 is 9.59 Å². The van der Waals surface area contributed by atoms with Crippen molar-refractivity contribution in [2.24, 2.45) is 0 Å². The lowest BCUT2D eigenvalue weighted by atomic mass is 9.97. The Morgan fingerprint density at radius 2 is 2.00 bits per heavy atom.